The Balaban J connectivity index is 1.97. The molecule has 1 aliphatic heterocycles. The van der Waals surface area contributed by atoms with Crippen molar-refractivity contribution in [1.29, 1.82) is 0 Å². The Morgan fingerprint density at radius 1 is 1.09 bits per heavy atom. The maximum Gasteiger partial charge on any atom is 0.165 e. The van der Waals surface area contributed by atoms with Crippen molar-refractivity contribution < 1.29 is 24.4 Å². The number of aliphatic hydroxyl groups excluding tert-OH is 1. The minimum atomic E-state index is -0.232. The fourth-order valence-corrected chi connectivity index (χ4v) is 4.46. The van der Waals surface area contributed by atoms with Crippen molar-refractivity contribution in [1.82, 2.24) is 4.90 Å². The van der Waals surface area contributed by atoms with Gasteiger partial charge in [0.1, 0.15) is 6.10 Å². The largest absolute Gasteiger partial charge is 0.504 e. The summed E-state index contributed by atoms with van der Waals surface area (Å²) in [4.78, 5) is 2.15. The highest BCUT2D eigenvalue weighted by molar-refractivity contribution is 5.62. The van der Waals surface area contributed by atoms with Gasteiger partial charge in [-0.1, -0.05) is 32.4 Å². The maximum atomic E-state index is 10.8. The van der Waals surface area contributed by atoms with Crippen molar-refractivity contribution in [2.45, 2.75) is 52.2 Å². The number of nitrogens with zero attached hydrogens (tertiary/aromatic N) is 1. The summed E-state index contributed by atoms with van der Waals surface area (Å²) < 4.78 is 17.6. The van der Waals surface area contributed by atoms with Gasteiger partial charge in [-0.15, -0.1) is 0 Å². The first-order valence-corrected chi connectivity index (χ1v) is 11.7. The second kappa shape index (κ2) is 11.4. The molecule has 180 valence electrons. The van der Waals surface area contributed by atoms with Crippen LogP contribution in [0, 0.1) is 0 Å². The minimum Gasteiger partial charge on any atom is -0.504 e. The van der Waals surface area contributed by atoms with Crippen LogP contribution < -0.4 is 14.2 Å². The molecule has 0 saturated carbocycles. The normalized spacial score (nSPS) is 17.4. The van der Waals surface area contributed by atoms with Gasteiger partial charge in [0.25, 0.3) is 0 Å². The lowest BCUT2D eigenvalue weighted by Crippen LogP contribution is -2.27. The van der Waals surface area contributed by atoms with Crippen LogP contribution in [0.25, 0.3) is 6.08 Å². The molecule has 6 heteroatoms. The third kappa shape index (κ3) is 5.45. The van der Waals surface area contributed by atoms with Crippen molar-refractivity contribution >= 4 is 6.08 Å². The maximum absolute atomic E-state index is 10.8. The van der Waals surface area contributed by atoms with E-state index in [2.05, 4.69) is 30.9 Å². The molecule has 0 fully saturated rings. The van der Waals surface area contributed by atoms with Crippen LogP contribution >= 0.6 is 0 Å². The molecule has 6 nitrogen and oxygen atoms in total. The molecule has 0 aliphatic carbocycles. The van der Waals surface area contributed by atoms with Crippen molar-refractivity contribution in [3.05, 3.63) is 52.6 Å². The van der Waals surface area contributed by atoms with Gasteiger partial charge in [-0.05, 0) is 55.3 Å². The Kier molecular flexibility index (Phi) is 8.64. The Bertz CT molecular complexity index is 971. The summed E-state index contributed by atoms with van der Waals surface area (Å²) in [6.45, 7) is 8.30. The van der Waals surface area contributed by atoms with Crippen LogP contribution in [-0.4, -0.2) is 49.0 Å². The van der Waals surface area contributed by atoms with Crippen molar-refractivity contribution in [3.8, 4) is 23.0 Å². The first-order chi connectivity index (χ1) is 16.0. The second-order valence-corrected chi connectivity index (χ2v) is 8.55. The van der Waals surface area contributed by atoms with E-state index in [0.717, 1.165) is 53.1 Å². The van der Waals surface area contributed by atoms with Crippen molar-refractivity contribution in [3.63, 3.8) is 0 Å². The molecule has 1 heterocycles. The lowest BCUT2D eigenvalue weighted by Gasteiger charge is -2.24. The highest BCUT2D eigenvalue weighted by Gasteiger charge is 2.36. The number of methoxy groups -OCH3 is 2. The molecule has 0 amide bonds. The SMILES string of the molecule is CC=Cc1cc(OC)c2c(c1)[C@@H](C)[C@H](c1cc(CN(CCO)CCCC)c(O)c(OC)c1)O2. The number of hydrogen-bond acceptors (Lipinski definition) is 6. The molecule has 1 aliphatic rings. The van der Waals surface area contributed by atoms with E-state index in [-0.39, 0.29) is 24.4 Å². The quantitative estimate of drug-likeness (QED) is 0.481. The number of allylic oxidation sites excluding steroid dienone is 1. The minimum absolute atomic E-state index is 0.0771. The van der Waals surface area contributed by atoms with E-state index < -0.39 is 0 Å². The van der Waals surface area contributed by atoms with Gasteiger partial charge in [-0.2, -0.15) is 0 Å². The van der Waals surface area contributed by atoms with Gasteiger partial charge in [0.15, 0.2) is 23.0 Å². The summed E-state index contributed by atoms with van der Waals surface area (Å²) in [6, 6.07) is 7.99. The Hall–Kier alpha value is -2.70. The summed E-state index contributed by atoms with van der Waals surface area (Å²) in [5.41, 5.74) is 3.88. The van der Waals surface area contributed by atoms with Gasteiger partial charge in [-0.25, -0.2) is 0 Å². The van der Waals surface area contributed by atoms with Crippen LogP contribution in [0.2, 0.25) is 0 Å². The van der Waals surface area contributed by atoms with E-state index in [9.17, 15) is 10.2 Å². The molecule has 0 unspecified atom stereocenters. The molecule has 0 spiro atoms. The summed E-state index contributed by atoms with van der Waals surface area (Å²) >= 11 is 0. The summed E-state index contributed by atoms with van der Waals surface area (Å²) in [6.07, 6.45) is 5.93. The Morgan fingerprint density at radius 2 is 1.85 bits per heavy atom. The zero-order valence-corrected chi connectivity index (χ0v) is 20.4. The van der Waals surface area contributed by atoms with E-state index in [1.54, 1.807) is 14.2 Å². The number of hydrogen-bond donors (Lipinski definition) is 2. The highest BCUT2D eigenvalue weighted by atomic mass is 16.5. The van der Waals surface area contributed by atoms with Crippen molar-refractivity contribution in [2.75, 3.05) is 33.9 Å². The predicted molar refractivity (Wildman–Crippen MR) is 131 cm³/mol. The number of unbranched alkanes of at least 4 members (excludes halogenated alkanes) is 1. The number of phenolic OH excluding ortho intramolecular Hbond substituents is 1. The van der Waals surface area contributed by atoms with E-state index in [4.69, 9.17) is 14.2 Å². The second-order valence-electron chi connectivity index (χ2n) is 8.55. The molecule has 0 radical (unpaired) electrons. The lowest BCUT2D eigenvalue weighted by molar-refractivity contribution is 0.186. The van der Waals surface area contributed by atoms with Gasteiger partial charge in [0, 0.05) is 30.1 Å². The number of ether oxygens (including phenoxy) is 3. The molecule has 2 aromatic carbocycles. The molecule has 2 N–H and O–H groups in total. The first kappa shape index (κ1) is 24.9. The Labute approximate surface area is 197 Å². The van der Waals surface area contributed by atoms with Crippen LogP contribution in [-0.2, 0) is 6.54 Å². The van der Waals surface area contributed by atoms with Crippen LogP contribution in [0.5, 0.6) is 23.0 Å². The third-order valence-electron chi connectivity index (χ3n) is 6.24. The zero-order valence-electron chi connectivity index (χ0n) is 20.4. The van der Waals surface area contributed by atoms with Gasteiger partial charge in [0.05, 0.1) is 20.8 Å². The smallest absolute Gasteiger partial charge is 0.165 e. The molecule has 2 aromatic rings. The molecule has 3 rings (SSSR count). The monoisotopic (exact) mass is 455 g/mol. The zero-order chi connectivity index (χ0) is 24.0. The molecular formula is C27H37NO5. The van der Waals surface area contributed by atoms with Crippen molar-refractivity contribution in [2.24, 2.45) is 0 Å². The third-order valence-corrected chi connectivity index (χ3v) is 6.24. The van der Waals surface area contributed by atoms with E-state index >= 15 is 0 Å². The van der Waals surface area contributed by atoms with Crippen LogP contribution in [0.4, 0.5) is 0 Å². The van der Waals surface area contributed by atoms with Crippen LogP contribution in [0.1, 0.15) is 67.9 Å². The van der Waals surface area contributed by atoms with Crippen LogP contribution in [0.3, 0.4) is 0 Å². The highest BCUT2D eigenvalue weighted by Crippen LogP contribution is 2.51. The average Bonchev–Trinajstić information content (AvgIpc) is 3.15. The number of aromatic hydroxyl groups is 1. The molecule has 0 saturated heterocycles. The molecule has 0 aromatic heterocycles. The molecule has 2 atom stereocenters. The number of fused-ring (bicyclic) bond motifs is 1. The van der Waals surface area contributed by atoms with Gasteiger partial charge >= 0.3 is 0 Å². The van der Waals surface area contributed by atoms with E-state index in [1.165, 1.54) is 0 Å². The topological polar surface area (TPSA) is 71.4 Å². The van der Waals surface area contributed by atoms with Gasteiger partial charge < -0.3 is 24.4 Å². The van der Waals surface area contributed by atoms with Gasteiger partial charge in [0.2, 0.25) is 0 Å². The predicted octanol–water partition coefficient (Wildman–Crippen LogP) is 5.27. The Morgan fingerprint density at radius 3 is 2.48 bits per heavy atom. The van der Waals surface area contributed by atoms with E-state index in [0.29, 0.717) is 18.8 Å². The molecular weight excluding hydrogens is 418 g/mol. The summed E-state index contributed by atoms with van der Waals surface area (Å²) in [5.74, 6) is 2.14. The van der Waals surface area contributed by atoms with Crippen LogP contribution in [0.15, 0.2) is 30.3 Å². The van der Waals surface area contributed by atoms with Gasteiger partial charge in [-0.3, -0.25) is 4.90 Å². The first-order valence-electron chi connectivity index (χ1n) is 11.7. The summed E-state index contributed by atoms with van der Waals surface area (Å²) in [5, 5.41) is 20.3. The number of aliphatic hydroxyl groups is 1. The molecule has 0 bridgehead atoms. The number of benzene rings is 2. The average molecular weight is 456 g/mol. The fourth-order valence-electron chi connectivity index (χ4n) is 4.46. The number of phenols is 1. The fraction of sp³-hybridized carbons (Fsp3) is 0.481. The standard InChI is InChI=1S/C27H37NO5/c1-6-8-10-28(11-12-29)17-21-15-20(16-23(31-4)25(21)30)26-18(3)22-13-19(9-7-2)14-24(32-5)27(22)33-26/h7,9,13-16,18,26,29-30H,6,8,10-12,17H2,1-5H3/t18-,26-/m1/s1. The number of rotatable bonds is 11. The van der Waals surface area contributed by atoms with E-state index in [1.807, 2.05) is 31.2 Å². The lowest BCUT2D eigenvalue weighted by atomic mass is 9.90. The molecule has 33 heavy (non-hydrogen) atoms. The summed E-state index contributed by atoms with van der Waals surface area (Å²) in [7, 11) is 3.22.